The summed E-state index contributed by atoms with van der Waals surface area (Å²) in [5.41, 5.74) is 0.674. The van der Waals surface area contributed by atoms with Crippen LogP contribution in [-0.2, 0) is 4.79 Å². The number of carbonyl (C=O) groups excluding carboxylic acids is 1. The van der Waals surface area contributed by atoms with Gasteiger partial charge in [-0.05, 0) is 25.3 Å². The molecule has 0 saturated carbocycles. The molecule has 0 aliphatic carbocycles. The number of anilines is 1. The molecule has 0 aliphatic rings. The van der Waals surface area contributed by atoms with Crippen LogP contribution in [0.4, 0.5) is 5.69 Å². The second-order valence-electron chi connectivity index (χ2n) is 3.90. The molecule has 1 heterocycles. The van der Waals surface area contributed by atoms with Gasteiger partial charge in [0.25, 0.3) is 0 Å². The molecule has 0 spiro atoms. The van der Waals surface area contributed by atoms with Crippen molar-refractivity contribution in [3.8, 4) is 0 Å². The lowest BCUT2D eigenvalue weighted by atomic mass is 10.4. The summed E-state index contributed by atoms with van der Waals surface area (Å²) in [5, 5.41) is 9.00. The Hall–Kier alpha value is -1.76. The van der Waals surface area contributed by atoms with Crippen molar-refractivity contribution >= 4 is 29.3 Å². The van der Waals surface area contributed by atoms with Crippen molar-refractivity contribution in [1.82, 2.24) is 15.6 Å². The smallest absolute Gasteiger partial charge is 0.246 e. The Morgan fingerprint density at radius 2 is 2.30 bits per heavy atom. The van der Waals surface area contributed by atoms with Gasteiger partial charge in [0.15, 0.2) is 5.96 Å². The van der Waals surface area contributed by atoms with Crippen LogP contribution in [0.25, 0.3) is 0 Å². The number of nitrogens with one attached hydrogen (secondary N) is 3. The van der Waals surface area contributed by atoms with Crippen molar-refractivity contribution in [2.45, 2.75) is 6.92 Å². The number of aromatic nitrogens is 1. The zero-order valence-electron chi connectivity index (χ0n) is 11.8. The van der Waals surface area contributed by atoms with Gasteiger partial charge in [-0.25, -0.2) is 4.99 Å². The number of hydrogen-bond donors (Lipinski definition) is 3. The number of pyridine rings is 1. The zero-order valence-corrected chi connectivity index (χ0v) is 12.7. The molecule has 0 fully saturated rings. The summed E-state index contributed by atoms with van der Waals surface area (Å²) in [6, 6.07) is 3.56. The van der Waals surface area contributed by atoms with Gasteiger partial charge in [0, 0.05) is 25.0 Å². The van der Waals surface area contributed by atoms with E-state index in [1.165, 1.54) is 0 Å². The van der Waals surface area contributed by atoms with Crippen molar-refractivity contribution in [3.05, 3.63) is 24.5 Å². The minimum atomic E-state index is -0.167. The Morgan fingerprint density at radius 3 is 2.95 bits per heavy atom. The lowest BCUT2D eigenvalue weighted by Crippen LogP contribution is -2.39. The lowest BCUT2D eigenvalue weighted by Gasteiger charge is -2.10. The number of carbonyl (C=O) groups is 1. The Kier molecular flexibility index (Phi) is 8.21. The summed E-state index contributed by atoms with van der Waals surface area (Å²) in [4.78, 5) is 19.9. The number of amides is 1. The molecule has 1 amide bonds. The molecule has 7 heteroatoms. The molecule has 20 heavy (non-hydrogen) atoms. The minimum absolute atomic E-state index is 0.0729. The molecular formula is C13H21N5OS. The van der Waals surface area contributed by atoms with Crippen LogP contribution in [0.1, 0.15) is 6.92 Å². The highest BCUT2D eigenvalue weighted by molar-refractivity contribution is 7.98. The van der Waals surface area contributed by atoms with E-state index in [0.29, 0.717) is 11.6 Å². The molecule has 6 nitrogen and oxygen atoms in total. The van der Waals surface area contributed by atoms with Gasteiger partial charge in [-0.15, -0.1) is 0 Å². The van der Waals surface area contributed by atoms with E-state index in [4.69, 9.17) is 0 Å². The molecule has 1 aromatic heterocycles. The van der Waals surface area contributed by atoms with Crippen LogP contribution in [0.3, 0.4) is 0 Å². The first kappa shape index (κ1) is 16.3. The molecule has 1 aromatic rings. The molecule has 0 saturated heterocycles. The monoisotopic (exact) mass is 295 g/mol. The van der Waals surface area contributed by atoms with E-state index >= 15 is 0 Å². The average Bonchev–Trinajstić information content (AvgIpc) is 2.46. The highest BCUT2D eigenvalue weighted by atomic mass is 32.2. The maximum absolute atomic E-state index is 11.7. The van der Waals surface area contributed by atoms with Gasteiger partial charge in [-0.2, -0.15) is 11.8 Å². The average molecular weight is 295 g/mol. The maximum atomic E-state index is 11.7. The van der Waals surface area contributed by atoms with Crippen LogP contribution in [0.15, 0.2) is 29.5 Å². The number of rotatable bonds is 7. The van der Waals surface area contributed by atoms with E-state index in [2.05, 4.69) is 25.9 Å². The van der Waals surface area contributed by atoms with Crippen LogP contribution in [0.5, 0.6) is 0 Å². The zero-order chi connectivity index (χ0) is 14.6. The molecule has 0 aliphatic heterocycles. The summed E-state index contributed by atoms with van der Waals surface area (Å²) >= 11 is 1.76. The number of guanidine groups is 1. The van der Waals surface area contributed by atoms with Gasteiger partial charge in [0.05, 0.1) is 11.9 Å². The summed E-state index contributed by atoms with van der Waals surface area (Å²) in [6.07, 6.45) is 5.31. The standard InChI is InChI=1S/C13H21N5OS/c1-3-15-13(16-7-8-20-2)17-10-12(19)18-11-5-4-6-14-9-11/h4-6,9H,3,7-8,10H2,1-2H3,(H,18,19)(H2,15,16,17). The summed E-state index contributed by atoms with van der Waals surface area (Å²) in [7, 11) is 0. The number of nitrogens with zero attached hydrogens (tertiary/aromatic N) is 2. The summed E-state index contributed by atoms with van der Waals surface area (Å²) < 4.78 is 0. The minimum Gasteiger partial charge on any atom is -0.357 e. The van der Waals surface area contributed by atoms with E-state index in [1.807, 2.05) is 13.2 Å². The van der Waals surface area contributed by atoms with Gasteiger partial charge < -0.3 is 16.0 Å². The van der Waals surface area contributed by atoms with Crippen molar-refractivity contribution in [2.24, 2.45) is 4.99 Å². The second-order valence-corrected chi connectivity index (χ2v) is 4.89. The molecule has 0 radical (unpaired) electrons. The molecule has 110 valence electrons. The first-order valence-corrected chi connectivity index (χ1v) is 7.86. The summed E-state index contributed by atoms with van der Waals surface area (Å²) in [5.74, 6) is 1.48. The Bertz CT molecular complexity index is 424. The predicted octanol–water partition coefficient (Wildman–Crippen LogP) is 0.938. The van der Waals surface area contributed by atoms with E-state index in [1.54, 1.807) is 36.3 Å². The van der Waals surface area contributed by atoms with Crippen molar-refractivity contribution in [3.63, 3.8) is 0 Å². The van der Waals surface area contributed by atoms with E-state index < -0.39 is 0 Å². The normalized spacial score (nSPS) is 11.0. The van der Waals surface area contributed by atoms with Crippen molar-refractivity contribution in [1.29, 1.82) is 0 Å². The van der Waals surface area contributed by atoms with Crippen LogP contribution in [-0.4, -0.2) is 48.5 Å². The molecule has 1 rings (SSSR count). The second kappa shape index (κ2) is 10.1. The topological polar surface area (TPSA) is 78.4 Å². The number of thioether (sulfide) groups is 1. The lowest BCUT2D eigenvalue weighted by molar-refractivity contribution is -0.114. The fourth-order valence-corrected chi connectivity index (χ4v) is 1.71. The third-order valence-corrected chi connectivity index (χ3v) is 2.88. The van der Waals surface area contributed by atoms with Gasteiger partial charge in [-0.1, -0.05) is 0 Å². The van der Waals surface area contributed by atoms with Crippen molar-refractivity contribution < 1.29 is 4.79 Å². The van der Waals surface area contributed by atoms with Crippen LogP contribution in [0.2, 0.25) is 0 Å². The van der Waals surface area contributed by atoms with E-state index in [-0.39, 0.29) is 12.5 Å². The Balaban J connectivity index is 2.42. The molecule has 0 unspecified atom stereocenters. The number of aliphatic imine (C=N–C) groups is 1. The SMILES string of the molecule is CCNC(=NCC(=O)Nc1cccnc1)NCCSC. The third-order valence-electron chi connectivity index (χ3n) is 2.27. The fourth-order valence-electron chi connectivity index (χ4n) is 1.40. The highest BCUT2D eigenvalue weighted by Crippen LogP contribution is 2.01. The highest BCUT2D eigenvalue weighted by Gasteiger charge is 2.02. The van der Waals surface area contributed by atoms with Gasteiger partial charge in [0.1, 0.15) is 6.54 Å². The van der Waals surface area contributed by atoms with E-state index in [9.17, 15) is 4.79 Å². The Labute approximate surface area is 123 Å². The first-order valence-electron chi connectivity index (χ1n) is 6.47. The van der Waals surface area contributed by atoms with E-state index in [0.717, 1.165) is 18.8 Å². The molecule has 0 bridgehead atoms. The molecule has 3 N–H and O–H groups in total. The van der Waals surface area contributed by atoms with Gasteiger partial charge in [-0.3, -0.25) is 9.78 Å². The first-order chi connectivity index (χ1) is 9.76. The number of hydrogen-bond acceptors (Lipinski definition) is 4. The fraction of sp³-hybridized carbons (Fsp3) is 0.462. The largest absolute Gasteiger partial charge is 0.357 e. The van der Waals surface area contributed by atoms with Crippen LogP contribution >= 0.6 is 11.8 Å². The molecular weight excluding hydrogens is 274 g/mol. The van der Waals surface area contributed by atoms with Crippen LogP contribution < -0.4 is 16.0 Å². The van der Waals surface area contributed by atoms with Gasteiger partial charge >= 0.3 is 0 Å². The van der Waals surface area contributed by atoms with Gasteiger partial charge in [0.2, 0.25) is 5.91 Å². The Morgan fingerprint density at radius 1 is 1.45 bits per heavy atom. The maximum Gasteiger partial charge on any atom is 0.246 e. The molecule has 0 atom stereocenters. The molecule has 0 aromatic carbocycles. The summed E-state index contributed by atoms with van der Waals surface area (Å²) in [6.45, 7) is 3.64. The van der Waals surface area contributed by atoms with Crippen molar-refractivity contribution in [2.75, 3.05) is 37.0 Å². The third kappa shape index (κ3) is 6.98. The predicted molar refractivity (Wildman–Crippen MR) is 85.2 cm³/mol. The quantitative estimate of drug-likeness (QED) is 0.396. The van der Waals surface area contributed by atoms with Crippen LogP contribution in [0, 0.1) is 0 Å².